The molecule has 0 aromatic heterocycles. The fraction of sp³-hybridized carbons (Fsp3) is 0.400. The van der Waals surface area contributed by atoms with Crippen LogP contribution in [0.4, 0.5) is 0 Å². The second-order valence-electron chi connectivity index (χ2n) is 6.21. The van der Waals surface area contributed by atoms with Gasteiger partial charge in [-0.15, -0.1) is 0 Å². The average molecular weight is 295 g/mol. The summed E-state index contributed by atoms with van der Waals surface area (Å²) in [7, 11) is 4.03. The molecule has 0 saturated heterocycles. The molecule has 0 heterocycles. The molecular formula is C20H25NO. The van der Waals surface area contributed by atoms with E-state index in [1.54, 1.807) is 7.11 Å². The number of ether oxygens (including phenoxy) is 1. The lowest BCUT2D eigenvalue weighted by Gasteiger charge is -2.33. The van der Waals surface area contributed by atoms with Gasteiger partial charge in [-0.3, -0.25) is 0 Å². The van der Waals surface area contributed by atoms with Crippen LogP contribution in [0.15, 0.2) is 48.5 Å². The van der Waals surface area contributed by atoms with Gasteiger partial charge in [0.1, 0.15) is 5.75 Å². The zero-order valence-electron chi connectivity index (χ0n) is 13.6. The van der Waals surface area contributed by atoms with Crippen molar-refractivity contribution in [3.05, 3.63) is 65.2 Å². The maximum absolute atomic E-state index is 5.55. The Kier molecular flexibility index (Phi) is 4.79. The van der Waals surface area contributed by atoms with Crippen molar-refractivity contribution in [2.75, 3.05) is 20.7 Å². The first-order chi connectivity index (χ1) is 10.8. The fourth-order valence-corrected chi connectivity index (χ4v) is 3.44. The SMILES string of the molecule is COc1cccc2c1CC(N(C)CCc1ccccc1)CC2. The highest BCUT2D eigenvalue weighted by Gasteiger charge is 2.24. The number of benzene rings is 2. The van der Waals surface area contributed by atoms with Gasteiger partial charge in [-0.25, -0.2) is 0 Å². The van der Waals surface area contributed by atoms with E-state index >= 15 is 0 Å². The van der Waals surface area contributed by atoms with Crippen molar-refractivity contribution in [2.24, 2.45) is 0 Å². The summed E-state index contributed by atoms with van der Waals surface area (Å²) in [6.07, 6.45) is 4.62. The standard InChI is InChI=1S/C20H25NO/c1-21(14-13-16-7-4-3-5-8-16)18-12-11-17-9-6-10-20(22-2)19(17)15-18/h3-10,18H,11-15H2,1-2H3. The highest BCUT2D eigenvalue weighted by Crippen LogP contribution is 2.31. The molecule has 0 N–H and O–H groups in total. The van der Waals surface area contributed by atoms with E-state index in [0.29, 0.717) is 6.04 Å². The van der Waals surface area contributed by atoms with E-state index in [0.717, 1.165) is 31.6 Å². The summed E-state index contributed by atoms with van der Waals surface area (Å²) in [5, 5.41) is 0. The van der Waals surface area contributed by atoms with Crippen molar-refractivity contribution in [2.45, 2.75) is 31.7 Å². The van der Waals surface area contributed by atoms with Crippen molar-refractivity contribution in [1.82, 2.24) is 4.90 Å². The molecule has 1 aliphatic rings. The molecule has 1 unspecified atom stereocenters. The molecule has 22 heavy (non-hydrogen) atoms. The van der Waals surface area contributed by atoms with Gasteiger partial charge in [0.15, 0.2) is 0 Å². The summed E-state index contributed by atoms with van der Waals surface area (Å²) >= 11 is 0. The van der Waals surface area contributed by atoms with Crippen molar-refractivity contribution in [3.8, 4) is 5.75 Å². The van der Waals surface area contributed by atoms with Gasteiger partial charge in [0, 0.05) is 12.6 Å². The van der Waals surface area contributed by atoms with Crippen molar-refractivity contribution in [1.29, 1.82) is 0 Å². The minimum Gasteiger partial charge on any atom is -0.496 e. The molecule has 2 aromatic carbocycles. The first-order valence-corrected chi connectivity index (χ1v) is 8.17. The van der Waals surface area contributed by atoms with Crippen LogP contribution in [0.3, 0.4) is 0 Å². The number of methoxy groups -OCH3 is 1. The molecule has 0 amide bonds. The zero-order chi connectivity index (χ0) is 15.4. The first kappa shape index (κ1) is 15.1. The van der Waals surface area contributed by atoms with Gasteiger partial charge in [0.25, 0.3) is 0 Å². The van der Waals surface area contributed by atoms with Crippen LogP contribution in [0.5, 0.6) is 5.75 Å². The van der Waals surface area contributed by atoms with Gasteiger partial charge in [0.2, 0.25) is 0 Å². The van der Waals surface area contributed by atoms with E-state index in [1.807, 2.05) is 0 Å². The van der Waals surface area contributed by atoms with Crippen LogP contribution in [0.2, 0.25) is 0 Å². The fourth-order valence-electron chi connectivity index (χ4n) is 3.44. The highest BCUT2D eigenvalue weighted by atomic mass is 16.5. The third-order valence-electron chi connectivity index (χ3n) is 4.86. The van der Waals surface area contributed by atoms with Gasteiger partial charge in [-0.05, 0) is 55.5 Å². The van der Waals surface area contributed by atoms with E-state index in [4.69, 9.17) is 4.74 Å². The van der Waals surface area contributed by atoms with Gasteiger partial charge in [-0.2, -0.15) is 0 Å². The number of aryl methyl sites for hydroxylation is 1. The molecule has 0 radical (unpaired) electrons. The molecule has 2 aromatic rings. The van der Waals surface area contributed by atoms with Crippen LogP contribution in [0.25, 0.3) is 0 Å². The quantitative estimate of drug-likeness (QED) is 0.833. The molecule has 116 valence electrons. The summed E-state index contributed by atoms with van der Waals surface area (Å²) in [5.41, 5.74) is 4.29. The summed E-state index contributed by atoms with van der Waals surface area (Å²) in [6.45, 7) is 1.11. The van der Waals surface area contributed by atoms with Gasteiger partial charge < -0.3 is 9.64 Å². The van der Waals surface area contributed by atoms with Crippen LogP contribution >= 0.6 is 0 Å². The summed E-state index contributed by atoms with van der Waals surface area (Å²) in [5.74, 6) is 1.05. The monoisotopic (exact) mass is 295 g/mol. The minimum absolute atomic E-state index is 0.618. The van der Waals surface area contributed by atoms with E-state index in [9.17, 15) is 0 Å². The lowest BCUT2D eigenvalue weighted by Crippen LogP contribution is -2.37. The average Bonchev–Trinajstić information content (AvgIpc) is 2.59. The van der Waals surface area contributed by atoms with E-state index in [1.165, 1.54) is 23.1 Å². The van der Waals surface area contributed by atoms with E-state index < -0.39 is 0 Å². The third-order valence-corrected chi connectivity index (χ3v) is 4.86. The van der Waals surface area contributed by atoms with Crippen LogP contribution in [0, 0.1) is 0 Å². The minimum atomic E-state index is 0.618. The molecule has 0 fully saturated rings. The Morgan fingerprint density at radius 3 is 2.68 bits per heavy atom. The Labute approximate surface area is 133 Å². The Bertz CT molecular complexity index is 594. The zero-order valence-corrected chi connectivity index (χ0v) is 13.6. The predicted molar refractivity (Wildman–Crippen MR) is 91.6 cm³/mol. The first-order valence-electron chi connectivity index (χ1n) is 8.17. The Hall–Kier alpha value is -1.80. The van der Waals surface area contributed by atoms with Crippen molar-refractivity contribution in [3.63, 3.8) is 0 Å². The molecule has 0 saturated carbocycles. The molecule has 0 bridgehead atoms. The normalized spacial score (nSPS) is 17.3. The molecule has 1 atom stereocenters. The topological polar surface area (TPSA) is 12.5 Å². The number of fused-ring (bicyclic) bond motifs is 1. The summed E-state index contributed by atoms with van der Waals surface area (Å²) < 4.78 is 5.55. The molecule has 0 aliphatic heterocycles. The van der Waals surface area contributed by atoms with Gasteiger partial charge in [-0.1, -0.05) is 42.5 Å². The maximum atomic E-state index is 5.55. The molecule has 2 nitrogen and oxygen atoms in total. The van der Waals surface area contributed by atoms with Crippen LogP contribution in [0.1, 0.15) is 23.1 Å². The number of nitrogens with zero attached hydrogens (tertiary/aromatic N) is 1. The van der Waals surface area contributed by atoms with Gasteiger partial charge in [0.05, 0.1) is 7.11 Å². The largest absolute Gasteiger partial charge is 0.496 e. The van der Waals surface area contributed by atoms with Crippen LogP contribution < -0.4 is 4.74 Å². The lowest BCUT2D eigenvalue weighted by atomic mass is 9.87. The Morgan fingerprint density at radius 2 is 1.91 bits per heavy atom. The summed E-state index contributed by atoms with van der Waals surface area (Å²) in [4.78, 5) is 2.52. The molecule has 0 spiro atoms. The van der Waals surface area contributed by atoms with E-state index in [-0.39, 0.29) is 0 Å². The van der Waals surface area contributed by atoms with Crippen LogP contribution in [-0.2, 0) is 19.3 Å². The second-order valence-corrected chi connectivity index (χ2v) is 6.21. The van der Waals surface area contributed by atoms with Crippen molar-refractivity contribution < 1.29 is 4.74 Å². The number of hydrogen-bond donors (Lipinski definition) is 0. The Balaban J connectivity index is 1.64. The summed E-state index contributed by atoms with van der Waals surface area (Å²) in [6, 6.07) is 17.8. The number of rotatable bonds is 5. The molecule has 3 rings (SSSR count). The van der Waals surface area contributed by atoms with Crippen LogP contribution in [-0.4, -0.2) is 31.6 Å². The second kappa shape index (κ2) is 6.97. The number of likely N-dealkylation sites (N-methyl/N-ethyl adjacent to an activating group) is 1. The molecule has 2 heteroatoms. The van der Waals surface area contributed by atoms with Crippen molar-refractivity contribution >= 4 is 0 Å². The van der Waals surface area contributed by atoms with E-state index in [2.05, 4.69) is 60.5 Å². The lowest BCUT2D eigenvalue weighted by molar-refractivity contribution is 0.222. The van der Waals surface area contributed by atoms with Gasteiger partial charge >= 0.3 is 0 Å². The molecule has 1 aliphatic carbocycles. The predicted octanol–water partition coefficient (Wildman–Crippen LogP) is 3.73. The molecular weight excluding hydrogens is 270 g/mol. The Morgan fingerprint density at radius 1 is 1.09 bits per heavy atom. The maximum Gasteiger partial charge on any atom is 0.122 e. The third kappa shape index (κ3) is 3.33. The highest BCUT2D eigenvalue weighted by molar-refractivity contribution is 5.42. The number of hydrogen-bond acceptors (Lipinski definition) is 2. The smallest absolute Gasteiger partial charge is 0.122 e.